The molecule has 0 saturated heterocycles. The molecule has 3 rings (SSSR count). The van der Waals surface area contributed by atoms with Crippen LogP contribution in [0.2, 0.25) is 0 Å². The van der Waals surface area contributed by atoms with Gasteiger partial charge in [0.2, 0.25) is 0 Å². The maximum absolute atomic E-state index is 5.85. The molecule has 76 valence electrons. The lowest BCUT2D eigenvalue weighted by molar-refractivity contribution is 0.590. The highest BCUT2D eigenvalue weighted by Gasteiger charge is 2.18. The smallest absolute Gasteiger partial charge is 0.135 e. The van der Waals surface area contributed by atoms with E-state index in [2.05, 4.69) is 31.2 Å². The van der Waals surface area contributed by atoms with Crippen LogP contribution in [0.1, 0.15) is 37.0 Å². The summed E-state index contributed by atoms with van der Waals surface area (Å²) in [5, 5.41) is 1.28. The molecule has 0 N–H and O–H groups in total. The van der Waals surface area contributed by atoms with Gasteiger partial charge in [-0.25, -0.2) is 0 Å². The number of hydrogen-bond acceptors (Lipinski definition) is 1. The summed E-state index contributed by atoms with van der Waals surface area (Å²) in [4.78, 5) is 0. The Morgan fingerprint density at radius 1 is 1.27 bits per heavy atom. The van der Waals surface area contributed by atoms with Crippen molar-refractivity contribution in [2.24, 2.45) is 0 Å². The van der Waals surface area contributed by atoms with Crippen molar-refractivity contribution >= 4 is 17.0 Å². The van der Waals surface area contributed by atoms with Gasteiger partial charge in [-0.15, -0.1) is 0 Å². The minimum Gasteiger partial charge on any atom is -0.456 e. The van der Waals surface area contributed by atoms with Gasteiger partial charge in [0.1, 0.15) is 11.3 Å². The lowest BCUT2D eigenvalue weighted by atomic mass is 9.95. The molecule has 1 nitrogen and oxygen atoms in total. The van der Waals surface area contributed by atoms with Gasteiger partial charge in [0.05, 0.1) is 0 Å². The Morgan fingerprint density at radius 3 is 3.07 bits per heavy atom. The molecular formula is C14H14O. The molecule has 1 heteroatoms. The van der Waals surface area contributed by atoms with Crippen molar-refractivity contribution in [1.29, 1.82) is 0 Å². The SMILES string of the molecule is CC1CCC=Cc2oc3ccccc3c21. The van der Waals surface area contributed by atoms with Gasteiger partial charge in [0.25, 0.3) is 0 Å². The summed E-state index contributed by atoms with van der Waals surface area (Å²) in [5.74, 6) is 1.65. The van der Waals surface area contributed by atoms with E-state index >= 15 is 0 Å². The lowest BCUT2D eigenvalue weighted by Crippen LogP contribution is -1.91. The van der Waals surface area contributed by atoms with Gasteiger partial charge in [0, 0.05) is 10.9 Å². The molecule has 1 aliphatic carbocycles. The first-order valence-electron chi connectivity index (χ1n) is 5.54. The minimum atomic E-state index is 0.596. The van der Waals surface area contributed by atoms with E-state index in [0.717, 1.165) is 17.8 Å². The molecule has 0 bridgehead atoms. The van der Waals surface area contributed by atoms with Gasteiger partial charge in [-0.3, -0.25) is 0 Å². The van der Waals surface area contributed by atoms with Crippen LogP contribution in [0.5, 0.6) is 0 Å². The highest BCUT2D eigenvalue weighted by Crippen LogP contribution is 2.36. The van der Waals surface area contributed by atoms with Crippen LogP contribution < -0.4 is 0 Å². The molecule has 1 heterocycles. The van der Waals surface area contributed by atoms with E-state index in [0.29, 0.717) is 5.92 Å². The van der Waals surface area contributed by atoms with Crippen LogP contribution >= 0.6 is 0 Å². The third kappa shape index (κ3) is 1.30. The van der Waals surface area contributed by atoms with Crippen molar-refractivity contribution in [3.05, 3.63) is 41.7 Å². The van der Waals surface area contributed by atoms with Crippen molar-refractivity contribution < 1.29 is 4.42 Å². The number of para-hydroxylation sites is 1. The average molecular weight is 198 g/mol. The van der Waals surface area contributed by atoms with Crippen LogP contribution in [0.3, 0.4) is 0 Å². The van der Waals surface area contributed by atoms with Gasteiger partial charge in [-0.05, 0) is 30.9 Å². The summed E-state index contributed by atoms with van der Waals surface area (Å²) < 4.78 is 5.85. The molecular weight excluding hydrogens is 184 g/mol. The second kappa shape index (κ2) is 3.27. The summed E-state index contributed by atoms with van der Waals surface area (Å²) in [6.07, 6.45) is 6.70. The largest absolute Gasteiger partial charge is 0.456 e. The molecule has 1 unspecified atom stereocenters. The van der Waals surface area contributed by atoms with Gasteiger partial charge in [-0.2, -0.15) is 0 Å². The van der Waals surface area contributed by atoms with Gasteiger partial charge < -0.3 is 4.42 Å². The number of hydrogen-bond donors (Lipinski definition) is 0. The van der Waals surface area contributed by atoms with E-state index in [4.69, 9.17) is 4.42 Å². The van der Waals surface area contributed by atoms with Crippen molar-refractivity contribution in [3.8, 4) is 0 Å². The number of furan rings is 1. The third-order valence-corrected chi connectivity index (χ3v) is 3.19. The normalized spacial score (nSPS) is 20.2. The summed E-state index contributed by atoms with van der Waals surface area (Å²) in [6, 6.07) is 8.32. The van der Waals surface area contributed by atoms with Gasteiger partial charge in [0.15, 0.2) is 0 Å². The summed E-state index contributed by atoms with van der Waals surface area (Å²) >= 11 is 0. The van der Waals surface area contributed by atoms with Crippen molar-refractivity contribution in [2.75, 3.05) is 0 Å². The lowest BCUT2D eigenvalue weighted by Gasteiger charge is -2.07. The highest BCUT2D eigenvalue weighted by atomic mass is 16.3. The fraction of sp³-hybridized carbons (Fsp3) is 0.286. The molecule has 2 aromatic rings. The molecule has 0 amide bonds. The monoisotopic (exact) mass is 198 g/mol. The molecule has 0 radical (unpaired) electrons. The van der Waals surface area contributed by atoms with Crippen LogP contribution in [-0.2, 0) is 0 Å². The molecule has 0 saturated carbocycles. The summed E-state index contributed by atoms with van der Waals surface area (Å²) in [6.45, 7) is 2.29. The fourth-order valence-electron chi connectivity index (χ4n) is 2.40. The fourth-order valence-corrected chi connectivity index (χ4v) is 2.40. The number of fused-ring (bicyclic) bond motifs is 3. The molecule has 1 aliphatic rings. The van der Waals surface area contributed by atoms with Crippen LogP contribution in [0, 0.1) is 0 Å². The van der Waals surface area contributed by atoms with E-state index in [1.54, 1.807) is 0 Å². The second-order valence-corrected chi connectivity index (χ2v) is 4.26. The molecule has 0 fully saturated rings. The zero-order valence-corrected chi connectivity index (χ0v) is 8.86. The number of allylic oxidation sites excluding steroid dienone is 1. The maximum atomic E-state index is 5.85. The first-order valence-corrected chi connectivity index (χ1v) is 5.54. The van der Waals surface area contributed by atoms with E-state index in [1.165, 1.54) is 17.4 Å². The van der Waals surface area contributed by atoms with E-state index < -0.39 is 0 Å². The number of rotatable bonds is 0. The van der Waals surface area contributed by atoms with E-state index in [9.17, 15) is 0 Å². The van der Waals surface area contributed by atoms with Crippen LogP contribution in [0.15, 0.2) is 34.8 Å². The Labute approximate surface area is 89.4 Å². The van der Waals surface area contributed by atoms with Crippen molar-refractivity contribution in [3.63, 3.8) is 0 Å². The number of benzene rings is 1. The Balaban J connectivity index is 2.34. The second-order valence-electron chi connectivity index (χ2n) is 4.26. The van der Waals surface area contributed by atoms with E-state index in [1.807, 2.05) is 12.1 Å². The standard InChI is InChI=1S/C14H14O/c1-10-6-2-4-9-13-14(10)11-7-3-5-8-12(11)15-13/h3-5,7-10H,2,6H2,1H3. The predicted molar refractivity (Wildman–Crippen MR) is 62.9 cm³/mol. The average Bonchev–Trinajstić information content (AvgIpc) is 2.53. The molecule has 0 aliphatic heterocycles. The molecule has 15 heavy (non-hydrogen) atoms. The van der Waals surface area contributed by atoms with Crippen molar-refractivity contribution in [1.82, 2.24) is 0 Å². The topological polar surface area (TPSA) is 13.1 Å². The Hall–Kier alpha value is -1.50. The highest BCUT2D eigenvalue weighted by molar-refractivity contribution is 5.85. The molecule has 1 aromatic heterocycles. The third-order valence-electron chi connectivity index (χ3n) is 3.19. The quantitative estimate of drug-likeness (QED) is 0.613. The molecule has 1 aromatic carbocycles. The minimum absolute atomic E-state index is 0.596. The zero-order valence-electron chi connectivity index (χ0n) is 8.86. The Bertz CT molecular complexity index is 519. The Kier molecular flexibility index (Phi) is 1.91. The predicted octanol–water partition coefficient (Wildman–Crippen LogP) is 4.34. The maximum Gasteiger partial charge on any atom is 0.135 e. The van der Waals surface area contributed by atoms with Gasteiger partial charge >= 0.3 is 0 Å². The summed E-state index contributed by atoms with van der Waals surface area (Å²) in [5.41, 5.74) is 2.40. The van der Waals surface area contributed by atoms with Crippen LogP contribution in [0.4, 0.5) is 0 Å². The van der Waals surface area contributed by atoms with Crippen LogP contribution in [0.25, 0.3) is 17.0 Å². The van der Waals surface area contributed by atoms with Gasteiger partial charge in [-0.1, -0.05) is 31.2 Å². The van der Waals surface area contributed by atoms with Crippen molar-refractivity contribution in [2.45, 2.75) is 25.7 Å². The van der Waals surface area contributed by atoms with E-state index in [-0.39, 0.29) is 0 Å². The van der Waals surface area contributed by atoms with Crippen LogP contribution in [-0.4, -0.2) is 0 Å². The molecule has 0 spiro atoms. The first kappa shape index (κ1) is 8.78. The zero-order chi connectivity index (χ0) is 10.3. The Morgan fingerprint density at radius 2 is 2.13 bits per heavy atom. The molecule has 1 atom stereocenters. The first-order chi connectivity index (χ1) is 7.36. The summed E-state index contributed by atoms with van der Waals surface area (Å²) in [7, 11) is 0.